The Morgan fingerprint density at radius 1 is 0.917 bits per heavy atom. The number of thioether (sulfide) groups is 1. The molecule has 0 bridgehead atoms. The molecule has 0 aromatic rings. The van der Waals surface area contributed by atoms with Crippen molar-refractivity contribution in [2.45, 2.75) is 61.6 Å². The number of aliphatic carboxylic acids is 1. The minimum absolute atomic E-state index is 0.219. The molecular weight excluding hydrogens is 502 g/mol. The predicted octanol–water partition coefficient (Wildman–Crippen LogP) is -5.39. The molecule has 0 spiro atoms. The molecule has 1 aliphatic heterocycles. The summed E-state index contributed by atoms with van der Waals surface area (Å²) in [6.45, 7) is 0.399. The zero-order valence-electron chi connectivity index (χ0n) is 19.4. The predicted molar refractivity (Wildman–Crippen MR) is 125 cm³/mol. The van der Waals surface area contributed by atoms with E-state index in [1.807, 2.05) is 0 Å². The fourth-order valence-electron chi connectivity index (χ4n) is 3.08. The first kappa shape index (κ1) is 30.6. The first-order valence-electron chi connectivity index (χ1n) is 10.8. The van der Waals surface area contributed by atoms with Crippen molar-refractivity contribution < 1.29 is 43.8 Å². The number of carbonyl (C=O) groups excluding carboxylic acids is 6. The van der Waals surface area contributed by atoms with Crippen molar-refractivity contribution in [2.75, 3.05) is 12.4 Å². The Bertz CT molecular complexity index is 887. The summed E-state index contributed by atoms with van der Waals surface area (Å²) in [4.78, 5) is 85.1. The molecule has 1 aliphatic rings. The van der Waals surface area contributed by atoms with Gasteiger partial charge in [-0.05, 0) is 13.3 Å². The van der Waals surface area contributed by atoms with E-state index in [0.717, 1.165) is 0 Å². The highest BCUT2D eigenvalue weighted by molar-refractivity contribution is 8.00. The molecule has 1 fully saturated rings. The van der Waals surface area contributed by atoms with Crippen LogP contribution in [0.15, 0.2) is 0 Å². The van der Waals surface area contributed by atoms with Crippen LogP contribution in [0.3, 0.4) is 0 Å². The number of amides is 6. The second kappa shape index (κ2) is 14.2. The van der Waals surface area contributed by atoms with Gasteiger partial charge in [0.1, 0.15) is 23.4 Å². The maximum Gasteiger partial charge on any atom is 0.318 e. The summed E-state index contributed by atoms with van der Waals surface area (Å²) in [5.74, 6) is -7.17. The summed E-state index contributed by atoms with van der Waals surface area (Å²) in [5.41, 5.74) is 16.2. The van der Waals surface area contributed by atoms with Crippen molar-refractivity contribution in [3.05, 3.63) is 0 Å². The highest BCUT2D eigenvalue weighted by atomic mass is 32.2. The molecule has 6 atom stereocenters. The molecule has 4 unspecified atom stereocenters. The number of carboxylic acid groups (broad SMARTS) is 1. The van der Waals surface area contributed by atoms with Crippen LogP contribution in [0.2, 0.25) is 0 Å². The topological polar surface area (TPSA) is 286 Å². The molecule has 36 heavy (non-hydrogen) atoms. The van der Waals surface area contributed by atoms with Gasteiger partial charge >= 0.3 is 5.97 Å². The minimum Gasteiger partial charge on any atom is -0.480 e. The van der Waals surface area contributed by atoms with Gasteiger partial charge in [0.25, 0.3) is 0 Å². The molecule has 0 aromatic heterocycles. The Balaban J connectivity index is 3.40. The number of carbonyl (C=O) groups is 7. The summed E-state index contributed by atoms with van der Waals surface area (Å²) in [6, 6.07) is -6.89. The third-order valence-corrected chi connectivity index (χ3v) is 6.48. The third kappa shape index (κ3) is 9.67. The molecule has 0 radical (unpaired) electrons. The number of aliphatic hydroxyl groups excluding tert-OH is 1. The second-order valence-corrected chi connectivity index (χ2v) is 9.20. The number of hydrogen-bond donors (Lipinski definition) is 9. The third-order valence-electron chi connectivity index (χ3n) is 5.04. The van der Waals surface area contributed by atoms with Crippen LogP contribution in [0.5, 0.6) is 0 Å². The van der Waals surface area contributed by atoms with Crippen LogP contribution in [0.1, 0.15) is 26.2 Å². The summed E-state index contributed by atoms with van der Waals surface area (Å²) < 4.78 is 0. The lowest BCUT2D eigenvalue weighted by molar-refractivity contribution is -0.138. The number of primary amides is 2. The van der Waals surface area contributed by atoms with Gasteiger partial charge in [0.2, 0.25) is 35.4 Å². The SMILES string of the molecule is C[C@@H]1NC(=O)C(CO)NC(=O)C(N)CSC(C(=O)O)[C@@H](CCC(N)=O)NC(=O)C(CC(N)=O)NC1=O. The van der Waals surface area contributed by atoms with E-state index in [4.69, 9.17) is 17.2 Å². The summed E-state index contributed by atoms with van der Waals surface area (Å²) >= 11 is 0.671. The van der Waals surface area contributed by atoms with Crippen molar-refractivity contribution in [2.24, 2.45) is 17.2 Å². The molecule has 1 saturated heterocycles. The van der Waals surface area contributed by atoms with Gasteiger partial charge in [-0.1, -0.05) is 0 Å². The fraction of sp³-hybridized carbons (Fsp3) is 0.632. The molecule has 16 nitrogen and oxygen atoms in total. The molecule has 0 aliphatic carbocycles. The van der Waals surface area contributed by atoms with Crippen LogP contribution in [-0.4, -0.2) is 99.4 Å². The van der Waals surface area contributed by atoms with E-state index in [1.54, 1.807) is 0 Å². The number of rotatable bonds is 7. The second-order valence-electron chi connectivity index (χ2n) is 8.02. The van der Waals surface area contributed by atoms with Gasteiger partial charge in [-0.25, -0.2) is 0 Å². The molecule has 12 N–H and O–H groups in total. The lowest BCUT2D eigenvalue weighted by atomic mass is 10.1. The maximum absolute atomic E-state index is 12.9. The Hall–Kier alpha value is -3.44. The molecule has 6 amide bonds. The number of nitrogens with two attached hydrogens (primary N) is 3. The normalized spacial score (nSPS) is 28.8. The maximum atomic E-state index is 12.9. The Morgan fingerprint density at radius 2 is 1.50 bits per heavy atom. The Labute approximate surface area is 209 Å². The fourth-order valence-corrected chi connectivity index (χ4v) is 4.23. The van der Waals surface area contributed by atoms with E-state index >= 15 is 0 Å². The summed E-state index contributed by atoms with van der Waals surface area (Å²) in [7, 11) is 0. The van der Waals surface area contributed by atoms with E-state index in [0.29, 0.717) is 11.8 Å². The van der Waals surface area contributed by atoms with Crippen LogP contribution in [0, 0.1) is 0 Å². The van der Waals surface area contributed by atoms with Gasteiger partial charge in [0.15, 0.2) is 0 Å². The largest absolute Gasteiger partial charge is 0.480 e. The zero-order valence-corrected chi connectivity index (χ0v) is 20.2. The lowest BCUT2D eigenvalue weighted by Crippen LogP contribution is -2.60. The number of aliphatic hydroxyl groups is 1. The van der Waals surface area contributed by atoms with E-state index < -0.39 is 89.9 Å². The standard InChI is InChI=1S/C19H31N7O9S/c1-7-15(30)25-10(4-13(22)29)17(32)24-9(2-3-12(21)28)14(19(34)35)36-6-8(20)16(31)26-11(5-27)18(33)23-7/h7-11,14,27H,2-6,20H2,1H3,(H2,21,28)(H2,22,29)(H,23,33)(H,24,32)(H,25,30)(H,26,31)(H,34,35)/t7-,8?,9+,10?,11?,14?/m0/s1. The Kier molecular flexibility index (Phi) is 12.1. The van der Waals surface area contributed by atoms with Gasteiger partial charge in [-0.3, -0.25) is 33.6 Å². The first-order valence-corrected chi connectivity index (χ1v) is 11.8. The highest BCUT2D eigenvalue weighted by Crippen LogP contribution is 2.20. The van der Waals surface area contributed by atoms with Crippen LogP contribution in [0.25, 0.3) is 0 Å². The van der Waals surface area contributed by atoms with Crippen LogP contribution < -0.4 is 38.5 Å². The molecule has 0 aromatic carbocycles. The number of hydrogen-bond acceptors (Lipinski definition) is 10. The molecular formula is C19H31N7O9S. The molecule has 1 heterocycles. The van der Waals surface area contributed by atoms with Crippen LogP contribution in [0.4, 0.5) is 0 Å². The lowest BCUT2D eigenvalue weighted by Gasteiger charge is -2.29. The van der Waals surface area contributed by atoms with E-state index in [-0.39, 0.29) is 18.6 Å². The summed E-state index contributed by atoms with van der Waals surface area (Å²) in [5, 5.41) is 26.9. The van der Waals surface area contributed by atoms with Crippen molar-refractivity contribution in [1.29, 1.82) is 0 Å². The van der Waals surface area contributed by atoms with Crippen LogP contribution in [-0.2, 0) is 33.6 Å². The Morgan fingerprint density at radius 3 is 2.03 bits per heavy atom. The van der Waals surface area contributed by atoms with E-state index in [9.17, 15) is 43.8 Å². The first-order chi connectivity index (χ1) is 16.8. The number of nitrogens with one attached hydrogen (secondary N) is 4. The van der Waals surface area contributed by atoms with Gasteiger partial charge in [-0.2, -0.15) is 0 Å². The molecule has 1 rings (SSSR count). The number of carboxylic acids is 1. The summed E-state index contributed by atoms with van der Waals surface area (Å²) in [6.07, 6.45) is -1.19. The van der Waals surface area contributed by atoms with Gasteiger partial charge in [-0.15, -0.1) is 11.8 Å². The zero-order chi connectivity index (χ0) is 27.6. The van der Waals surface area contributed by atoms with Gasteiger partial charge in [0, 0.05) is 12.2 Å². The molecule has 17 heteroatoms. The van der Waals surface area contributed by atoms with Crippen molar-refractivity contribution in [3.63, 3.8) is 0 Å². The molecule has 202 valence electrons. The van der Waals surface area contributed by atoms with Crippen molar-refractivity contribution in [3.8, 4) is 0 Å². The van der Waals surface area contributed by atoms with E-state index in [1.165, 1.54) is 6.92 Å². The average molecular weight is 534 g/mol. The van der Waals surface area contributed by atoms with E-state index in [2.05, 4.69) is 21.3 Å². The average Bonchev–Trinajstić information content (AvgIpc) is 2.78. The van der Waals surface area contributed by atoms with Crippen LogP contribution >= 0.6 is 11.8 Å². The van der Waals surface area contributed by atoms with Gasteiger partial charge < -0.3 is 48.7 Å². The van der Waals surface area contributed by atoms with Crippen molar-refractivity contribution >= 4 is 53.2 Å². The smallest absolute Gasteiger partial charge is 0.318 e. The molecule has 0 saturated carbocycles. The monoisotopic (exact) mass is 533 g/mol. The highest BCUT2D eigenvalue weighted by Gasteiger charge is 2.35. The minimum atomic E-state index is -1.55. The van der Waals surface area contributed by atoms with Gasteiger partial charge in [0.05, 0.1) is 25.1 Å². The van der Waals surface area contributed by atoms with Crippen molar-refractivity contribution in [1.82, 2.24) is 21.3 Å². The quantitative estimate of drug-likeness (QED) is 0.149.